The molecule has 2 saturated carbocycles. The molecule has 0 aromatic heterocycles. The third kappa shape index (κ3) is 2.17. The molecule has 0 heterocycles. The molecule has 0 radical (unpaired) electrons. The third-order valence-electron chi connectivity index (χ3n) is 6.61. The van der Waals surface area contributed by atoms with E-state index in [1.165, 1.54) is 18.2 Å². The van der Waals surface area contributed by atoms with Crippen LogP contribution in [0.2, 0.25) is 0 Å². The molecule has 3 rings (SSSR count). The van der Waals surface area contributed by atoms with Gasteiger partial charge in [0.25, 0.3) is 0 Å². The average Bonchev–Trinajstić information content (AvgIpc) is 2.79. The van der Waals surface area contributed by atoms with Crippen LogP contribution in [0.15, 0.2) is 24.3 Å². The number of rotatable bonds is 2. The van der Waals surface area contributed by atoms with Gasteiger partial charge in [0.15, 0.2) is 5.78 Å². The van der Waals surface area contributed by atoms with Crippen LogP contribution in [0.3, 0.4) is 0 Å². The van der Waals surface area contributed by atoms with Crippen LogP contribution in [0.25, 0.3) is 0 Å². The summed E-state index contributed by atoms with van der Waals surface area (Å²) in [7, 11) is 0. The molecular formula is C18H19BrF3NO2. The second-order valence-electron chi connectivity index (χ2n) is 7.65. The second kappa shape index (κ2) is 5.32. The Labute approximate surface area is 152 Å². The number of carbonyl (C=O) groups excluding carboxylic acids is 2. The zero-order chi connectivity index (χ0) is 18.8. The Morgan fingerprint density at radius 3 is 2.32 bits per heavy atom. The van der Waals surface area contributed by atoms with Crippen LogP contribution in [0.1, 0.15) is 39.2 Å². The highest BCUT2D eigenvalue weighted by atomic mass is 79.9. The number of hydrogen-bond donors (Lipinski definition) is 1. The van der Waals surface area contributed by atoms with Crippen LogP contribution in [0.5, 0.6) is 0 Å². The Hall–Kier alpha value is -1.37. The average molecular weight is 418 g/mol. The van der Waals surface area contributed by atoms with Crippen molar-refractivity contribution < 1.29 is 22.8 Å². The fourth-order valence-corrected chi connectivity index (χ4v) is 6.04. The highest BCUT2D eigenvalue weighted by Gasteiger charge is 2.76. The summed E-state index contributed by atoms with van der Waals surface area (Å²) >= 11 is 3.37. The molecule has 0 aliphatic heterocycles. The van der Waals surface area contributed by atoms with Crippen LogP contribution < -0.4 is 5.32 Å². The fraction of sp³-hybridized carbons (Fsp3) is 0.556. The number of ketones is 1. The molecule has 2 aliphatic rings. The van der Waals surface area contributed by atoms with Crippen LogP contribution in [0, 0.1) is 16.2 Å². The highest BCUT2D eigenvalue weighted by molar-refractivity contribution is 9.10. The molecule has 2 aliphatic carbocycles. The summed E-state index contributed by atoms with van der Waals surface area (Å²) in [5.41, 5.74) is -3.58. The predicted molar refractivity (Wildman–Crippen MR) is 91.4 cm³/mol. The first-order valence-electron chi connectivity index (χ1n) is 8.06. The molecule has 1 amide bonds. The van der Waals surface area contributed by atoms with Gasteiger partial charge < -0.3 is 5.32 Å². The molecular weight excluding hydrogens is 399 g/mol. The van der Waals surface area contributed by atoms with Crippen molar-refractivity contribution in [2.24, 2.45) is 16.2 Å². The predicted octanol–water partition coefficient (Wildman–Crippen LogP) is 4.80. The van der Waals surface area contributed by atoms with Gasteiger partial charge >= 0.3 is 6.18 Å². The maximum atomic E-state index is 13.2. The molecule has 0 saturated heterocycles. The van der Waals surface area contributed by atoms with Crippen LogP contribution in [-0.2, 0) is 15.8 Å². The van der Waals surface area contributed by atoms with E-state index in [0.717, 1.165) is 6.07 Å². The van der Waals surface area contributed by atoms with E-state index in [4.69, 9.17) is 0 Å². The fourth-order valence-electron chi connectivity index (χ4n) is 4.53. The number of amides is 1. The van der Waals surface area contributed by atoms with Crippen molar-refractivity contribution in [2.75, 3.05) is 5.32 Å². The maximum Gasteiger partial charge on any atom is 0.418 e. The molecule has 2 bridgehead atoms. The zero-order valence-electron chi connectivity index (χ0n) is 14.1. The number of fused-ring (bicyclic) bond motifs is 2. The van der Waals surface area contributed by atoms with Gasteiger partial charge in [0.2, 0.25) is 5.91 Å². The van der Waals surface area contributed by atoms with Gasteiger partial charge in [-0.3, -0.25) is 9.59 Å². The van der Waals surface area contributed by atoms with E-state index in [9.17, 15) is 22.8 Å². The number of hydrogen-bond acceptors (Lipinski definition) is 2. The molecule has 3 atom stereocenters. The van der Waals surface area contributed by atoms with Crippen molar-refractivity contribution >= 4 is 33.3 Å². The molecule has 1 aromatic rings. The molecule has 1 N–H and O–H groups in total. The Morgan fingerprint density at radius 1 is 1.20 bits per heavy atom. The van der Waals surface area contributed by atoms with E-state index in [1.807, 2.05) is 20.8 Å². The summed E-state index contributed by atoms with van der Waals surface area (Å²) < 4.78 is 39.6. The van der Waals surface area contributed by atoms with Gasteiger partial charge in [-0.15, -0.1) is 0 Å². The number of alkyl halides is 4. The second-order valence-corrected chi connectivity index (χ2v) is 8.57. The molecule has 0 spiro atoms. The Kier molecular flexibility index (Phi) is 3.92. The minimum Gasteiger partial charge on any atom is -0.325 e. The van der Waals surface area contributed by atoms with Crippen molar-refractivity contribution in [1.82, 2.24) is 0 Å². The minimum absolute atomic E-state index is 0.0528. The van der Waals surface area contributed by atoms with E-state index in [-0.39, 0.29) is 11.5 Å². The van der Waals surface area contributed by atoms with Crippen LogP contribution >= 0.6 is 15.9 Å². The number of Topliss-reactive ketones (excluding diaryl/α,β-unsaturated/α-hetero) is 1. The number of nitrogens with one attached hydrogen (secondary N) is 1. The molecule has 136 valence electrons. The van der Waals surface area contributed by atoms with Gasteiger partial charge in [0.1, 0.15) is 0 Å². The number of anilines is 1. The zero-order valence-corrected chi connectivity index (χ0v) is 15.7. The Morgan fingerprint density at radius 2 is 1.80 bits per heavy atom. The van der Waals surface area contributed by atoms with Crippen molar-refractivity contribution in [1.29, 1.82) is 0 Å². The first-order chi connectivity index (χ1) is 11.4. The third-order valence-corrected chi connectivity index (χ3v) is 7.80. The van der Waals surface area contributed by atoms with Crippen LogP contribution in [0.4, 0.5) is 18.9 Å². The van der Waals surface area contributed by atoms with Gasteiger partial charge in [-0.2, -0.15) is 13.2 Å². The standard InChI is InChI=1S/C18H19BrF3NO2/c1-15(2)16(3)8-9-17(15,12(19)13(16)24)14(25)23-11-7-5-4-6-10(11)18(20,21)22/h4-7,12H,8-9H2,1-3H3,(H,23,25)/t12-,16-,17-/m0/s1. The lowest BCUT2D eigenvalue weighted by molar-refractivity contribution is -0.137. The van der Waals surface area contributed by atoms with Crippen molar-refractivity contribution in [3.8, 4) is 0 Å². The minimum atomic E-state index is -4.57. The topological polar surface area (TPSA) is 46.2 Å². The number of halogens is 4. The molecule has 1 aromatic carbocycles. The van der Waals surface area contributed by atoms with Crippen molar-refractivity contribution in [2.45, 2.75) is 44.6 Å². The van der Waals surface area contributed by atoms with Crippen molar-refractivity contribution in [3.63, 3.8) is 0 Å². The SMILES string of the molecule is CC1(C)[C@@]2(C)CC[C@@]1(C(=O)Nc1ccccc1C(F)(F)F)[C@@H](Br)C2=O. The lowest BCUT2D eigenvalue weighted by Crippen LogP contribution is -2.48. The Balaban J connectivity index is 2.02. The smallest absolute Gasteiger partial charge is 0.325 e. The van der Waals surface area contributed by atoms with E-state index >= 15 is 0 Å². The molecule has 2 fully saturated rings. The summed E-state index contributed by atoms with van der Waals surface area (Å²) in [5.74, 6) is -0.589. The quantitative estimate of drug-likeness (QED) is 0.702. The van der Waals surface area contributed by atoms with Crippen molar-refractivity contribution in [3.05, 3.63) is 29.8 Å². The van der Waals surface area contributed by atoms with Crippen LogP contribution in [-0.4, -0.2) is 16.5 Å². The summed E-state index contributed by atoms with van der Waals surface area (Å²) in [4.78, 5) is 25.1. The number of para-hydroxylation sites is 1. The Bertz CT molecular complexity index is 761. The normalized spacial score (nSPS) is 33.6. The summed E-state index contributed by atoms with van der Waals surface area (Å²) in [6.45, 7) is 5.55. The summed E-state index contributed by atoms with van der Waals surface area (Å²) in [6, 6.07) is 4.89. The van der Waals surface area contributed by atoms with Gasteiger partial charge in [-0.1, -0.05) is 48.8 Å². The van der Waals surface area contributed by atoms with Gasteiger partial charge in [-0.05, 0) is 30.4 Å². The maximum absolute atomic E-state index is 13.2. The molecule has 3 nitrogen and oxygen atoms in total. The molecule has 25 heavy (non-hydrogen) atoms. The van der Waals surface area contributed by atoms with E-state index in [2.05, 4.69) is 21.2 Å². The number of benzene rings is 1. The summed E-state index contributed by atoms with van der Waals surface area (Å²) in [5, 5.41) is 2.46. The molecule has 0 unspecified atom stereocenters. The first kappa shape index (κ1) is 18.4. The summed E-state index contributed by atoms with van der Waals surface area (Å²) in [6.07, 6.45) is -3.56. The van der Waals surface area contributed by atoms with E-state index in [1.54, 1.807) is 0 Å². The van der Waals surface area contributed by atoms with Gasteiger partial charge in [-0.25, -0.2) is 0 Å². The van der Waals surface area contributed by atoms with E-state index < -0.39 is 38.7 Å². The van der Waals surface area contributed by atoms with Gasteiger partial charge in [0, 0.05) is 5.41 Å². The lowest BCUT2D eigenvalue weighted by Gasteiger charge is -2.39. The first-order valence-corrected chi connectivity index (χ1v) is 8.97. The van der Waals surface area contributed by atoms with E-state index in [0.29, 0.717) is 12.8 Å². The van der Waals surface area contributed by atoms with Gasteiger partial charge in [0.05, 0.1) is 21.5 Å². The number of carbonyl (C=O) groups is 2. The monoisotopic (exact) mass is 417 g/mol. The largest absolute Gasteiger partial charge is 0.418 e. The highest BCUT2D eigenvalue weighted by Crippen LogP contribution is 2.72. The lowest BCUT2D eigenvalue weighted by atomic mass is 9.64. The molecule has 7 heteroatoms.